The molecule has 0 aromatic heterocycles. The molecule has 0 spiro atoms. The van der Waals surface area contributed by atoms with Crippen molar-refractivity contribution in [2.45, 2.75) is 0 Å². The lowest BCUT2D eigenvalue weighted by Gasteiger charge is -2.27. The van der Waals surface area contributed by atoms with Crippen LogP contribution < -0.4 is 9.80 Å². The summed E-state index contributed by atoms with van der Waals surface area (Å²) in [5.74, 6) is 0. The molecule has 11 rings (SSSR count). The van der Waals surface area contributed by atoms with E-state index in [0.29, 0.717) is 0 Å². The highest BCUT2D eigenvalue weighted by atomic mass is 15.1. The van der Waals surface area contributed by atoms with Gasteiger partial charge in [0.15, 0.2) is 0 Å². The molecule has 68 heavy (non-hydrogen) atoms. The Labute approximate surface area is 400 Å². The van der Waals surface area contributed by atoms with Gasteiger partial charge in [0.05, 0.1) is 0 Å². The fraction of sp³-hybridized carbons (Fsp3) is 0. The first-order valence-electron chi connectivity index (χ1n) is 23.2. The van der Waals surface area contributed by atoms with Crippen LogP contribution in [-0.4, -0.2) is 0 Å². The van der Waals surface area contributed by atoms with Crippen LogP contribution in [0.2, 0.25) is 0 Å². The predicted octanol–water partition coefficient (Wildman–Crippen LogP) is 18.6. The summed E-state index contributed by atoms with van der Waals surface area (Å²) in [4.78, 5) is 4.67. The normalized spacial score (nSPS) is 10.9. The molecule has 0 heterocycles. The third-order valence-electron chi connectivity index (χ3n) is 12.7. The summed E-state index contributed by atoms with van der Waals surface area (Å²) in [5, 5.41) is 0. The van der Waals surface area contributed by atoms with Crippen LogP contribution in [0.1, 0.15) is 0 Å². The van der Waals surface area contributed by atoms with E-state index in [2.05, 4.69) is 301 Å². The molecule has 0 aliphatic carbocycles. The minimum Gasteiger partial charge on any atom is -0.311 e. The molecule has 0 fully saturated rings. The number of anilines is 6. The van der Waals surface area contributed by atoms with Crippen molar-refractivity contribution < 1.29 is 0 Å². The summed E-state index contributed by atoms with van der Waals surface area (Å²) < 4.78 is 0. The highest BCUT2D eigenvalue weighted by molar-refractivity contribution is 5.90. The maximum absolute atomic E-state index is 2.35. The molecule has 0 bridgehead atoms. The first-order valence-corrected chi connectivity index (χ1v) is 23.2. The van der Waals surface area contributed by atoms with Crippen LogP contribution in [0.25, 0.3) is 66.8 Å². The van der Waals surface area contributed by atoms with E-state index in [1.807, 2.05) is 0 Å². The van der Waals surface area contributed by atoms with Crippen molar-refractivity contribution in [1.29, 1.82) is 0 Å². The third-order valence-corrected chi connectivity index (χ3v) is 12.7. The summed E-state index contributed by atoms with van der Waals surface area (Å²) in [6, 6.07) is 105. The number of benzene rings is 11. The third kappa shape index (κ3) is 8.87. The Bertz CT molecular complexity index is 3350. The molecule has 0 saturated carbocycles. The molecule has 0 aliphatic heterocycles. The molecular formula is C66H48N2. The van der Waals surface area contributed by atoms with Crippen molar-refractivity contribution in [1.82, 2.24) is 0 Å². The van der Waals surface area contributed by atoms with Crippen molar-refractivity contribution in [3.05, 3.63) is 291 Å². The molecule has 0 radical (unpaired) electrons. The number of nitrogens with zero attached hydrogens (tertiary/aromatic N) is 2. The van der Waals surface area contributed by atoms with Crippen molar-refractivity contribution in [2.24, 2.45) is 0 Å². The lowest BCUT2D eigenvalue weighted by Crippen LogP contribution is -2.10. The van der Waals surface area contributed by atoms with Crippen molar-refractivity contribution >= 4 is 34.1 Å². The Morgan fingerprint density at radius 2 is 0.368 bits per heavy atom. The Balaban J connectivity index is 0.936. The zero-order valence-electron chi connectivity index (χ0n) is 37.6. The Hall–Kier alpha value is -8.98. The molecule has 322 valence electrons. The van der Waals surface area contributed by atoms with Crippen LogP contribution in [0.5, 0.6) is 0 Å². The molecule has 0 saturated heterocycles. The van der Waals surface area contributed by atoms with E-state index in [0.717, 1.165) is 50.8 Å². The summed E-state index contributed by atoms with van der Waals surface area (Å²) in [5.41, 5.74) is 20.8. The van der Waals surface area contributed by atoms with E-state index >= 15 is 0 Å². The topological polar surface area (TPSA) is 6.48 Å². The van der Waals surface area contributed by atoms with Gasteiger partial charge in [-0.3, -0.25) is 0 Å². The fourth-order valence-corrected chi connectivity index (χ4v) is 9.20. The molecule has 2 heteroatoms. The quantitative estimate of drug-likeness (QED) is 0.121. The minimum atomic E-state index is 1.09. The van der Waals surface area contributed by atoms with E-state index < -0.39 is 0 Å². The van der Waals surface area contributed by atoms with Gasteiger partial charge in [0, 0.05) is 34.1 Å². The monoisotopic (exact) mass is 868 g/mol. The maximum Gasteiger partial charge on any atom is 0.0468 e. The predicted molar refractivity (Wildman–Crippen MR) is 288 cm³/mol. The van der Waals surface area contributed by atoms with Crippen molar-refractivity contribution in [2.75, 3.05) is 9.80 Å². The van der Waals surface area contributed by atoms with Gasteiger partial charge >= 0.3 is 0 Å². The van der Waals surface area contributed by atoms with Gasteiger partial charge in [-0.1, -0.05) is 218 Å². The molecule has 0 N–H and O–H groups in total. The highest BCUT2D eigenvalue weighted by Gasteiger charge is 2.18. The average Bonchev–Trinajstić information content (AvgIpc) is 3.43. The van der Waals surface area contributed by atoms with Crippen molar-refractivity contribution in [3.63, 3.8) is 0 Å². The second-order valence-corrected chi connectivity index (χ2v) is 17.0. The van der Waals surface area contributed by atoms with Gasteiger partial charge in [-0.25, -0.2) is 0 Å². The SMILES string of the molecule is c1ccc(-c2ccc(-c3cc(N(c4ccccc4)c4ccc(-c5ccccc5)cc4)ccc3-c3ccc(-c4ccc(N(c5ccccc5)c5ccc(-c6ccccc6)cc5)cc4)cc3)cc2)cc1. The van der Waals surface area contributed by atoms with Gasteiger partial charge in [0.25, 0.3) is 0 Å². The average molecular weight is 869 g/mol. The number of hydrogen-bond acceptors (Lipinski definition) is 2. The molecule has 11 aromatic rings. The smallest absolute Gasteiger partial charge is 0.0468 e. The lowest BCUT2D eigenvalue weighted by molar-refractivity contribution is 1.28. The van der Waals surface area contributed by atoms with Crippen LogP contribution >= 0.6 is 0 Å². The molecule has 0 amide bonds. The first-order chi connectivity index (χ1) is 33.7. The maximum atomic E-state index is 2.35. The standard InChI is InChI=1S/C66H48N2/c1-6-16-49(17-7-1)52-28-32-58(33-29-52)66-48-64(68(60-24-14-5-15-25-60)63-44-36-55(37-45-63)51-20-10-3-11-21-51)46-47-65(66)57-30-26-53(27-31-57)56-38-42-62(43-39-56)67(59-22-12-4-13-23-59)61-40-34-54(35-41-61)50-18-8-2-9-19-50/h1-48H. The van der Waals surface area contributed by atoms with E-state index in [1.165, 1.54) is 50.1 Å². The molecule has 0 unspecified atom stereocenters. The Morgan fingerprint density at radius 1 is 0.147 bits per heavy atom. The lowest BCUT2D eigenvalue weighted by atomic mass is 9.91. The summed E-state index contributed by atoms with van der Waals surface area (Å²) in [6.07, 6.45) is 0. The molecule has 0 atom stereocenters. The number of rotatable bonds is 12. The largest absolute Gasteiger partial charge is 0.311 e. The second-order valence-electron chi connectivity index (χ2n) is 17.0. The van der Waals surface area contributed by atoms with E-state index in [1.54, 1.807) is 0 Å². The fourth-order valence-electron chi connectivity index (χ4n) is 9.20. The number of para-hydroxylation sites is 2. The first kappa shape index (κ1) is 41.7. The van der Waals surface area contributed by atoms with Crippen LogP contribution in [0.4, 0.5) is 34.1 Å². The molecular weight excluding hydrogens is 821 g/mol. The van der Waals surface area contributed by atoms with Gasteiger partial charge in [0.1, 0.15) is 0 Å². The van der Waals surface area contributed by atoms with Crippen molar-refractivity contribution in [3.8, 4) is 66.8 Å². The summed E-state index contributed by atoms with van der Waals surface area (Å²) >= 11 is 0. The van der Waals surface area contributed by atoms with E-state index in [4.69, 9.17) is 0 Å². The van der Waals surface area contributed by atoms with Crippen LogP contribution in [-0.2, 0) is 0 Å². The molecule has 0 aliphatic rings. The van der Waals surface area contributed by atoms with Gasteiger partial charge in [-0.2, -0.15) is 0 Å². The van der Waals surface area contributed by atoms with E-state index in [9.17, 15) is 0 Å². The van der Waals surface area contributed by atoms with Gasteiger partial charge in [-0.15, -0.1) is 0 Å². The number of hydrogen-bond donors (Lipinski definition) is 0. The molecule has 2 nitrogen and oxygen atoms in total. The second kappa shape index (κ2) is 19.2. The van der Waals surface area contributed by atoms with Crippen LogP contribution in [0.3, 0.4) is 0 Å². The van der Waals surface area contributed by atoms with Crippen LogP contribution in [0, 0.1) is 0 Å². The van der Waals surface area contributed by atoms with Crippen LogP contribution in [0.15, 0.2) is 291 Å². The zero-order chi connectivity index (χ0) is 45.5. The highest BCUT2D eigenvalue weighted by Crippen LogP contribution is 2.43. The minimum absolute atomic E-state index is 1.09. The Kier molecular flexibility index (Phi) is 11.8. The summed E-state index contributed by atoms with van der Waals surface area (Å²) in [6.45, 7) is 0. The summed E-state index contributed by atoms with van der Waals surface area (Å²) in [7, 11) is 0. The van der Waals surface area contributed by atoms with Gasteiger partial charge < -0.3 is 9.80 Å². The Morgan fingerprint density at radius 3 is 0.706 bits per heavy atom. The zero-order valence-corrected chi connectivity index (χ0v) is 37.6. The van der Waals surface area contributed by atoms with Gasteiger partial charge in [-0.05, 0) is 140 Å². The van der Waals surface area contributed by atoms with Gasteiger partial charge in [0.2, 0.25) is 0 Å². The van der Waals surface area contributed by atoms with E-state index in [-0.39, 0.29) is 0 Å². The molecule has 11 aromatic carbocycles.